The Morgan fingerprint density at radius 1 is 1.24 bits per heavy atom. The maximum Gasteiger partial charge on any atom is 0.293 e. The average molecular weight is 305 g/mol. The highest BCUT2D eigenvalue weighted by Crippen LogP contribution is 2.29. The lowest BCUT2D eigenvalue weighted by molar-refractivity contribution is -0.384. The summed E-state index contributed by atoms with van der Waals surface area (Å²) in [6.07, 6.45) is 0.583. The largest absolute Gasteiger partial charge is 0.373 e. The molecular weight excluding hydrogens is 292 g/mol. The summed E-state index contributed by atoms with van der Waals surface area (Å²) in [4.78, 5) is 21.3. The zero-order valence-corrected chi connectivity index (χ0v) is 12.0. The third kappa shape index (κ3) is 3.58. The van der Waals surface area contributed by atoms with E-state index in [1.165, 1.54) is 18.2 Å². The summed E-state index contributed by atoms with van der Waals surface area (Å²) in [5, 5.41) is 14.8. The number of carbonyl (C=O) groups is 1. The number of aldehydes is 1. The van der Waals surface area contributed by atoms with Crippen LogP contribution in [0.15, 0.2) is 42.5 Å². The van der Waals surface area contributed by atoms with E-state index in [1.807, 2.05) is 19.1 Å². The molecule has 0 aliphatic rings. The molecule has 108 valence electrons. The Morgan fingerprint density at radius 3 is 2.48 bits per heavy atom. The summed E-state index contributed by atoms with van der Waals surface area (Å²) in [6, 6.07) is 11.4. The fraction of sp³-hybridized carbons (Fsp3) is 0.133. The number of nitro benzene ring substituents is 1. The first-order chi connectivity index (χ1) is 10.0. The number of carbonyl (C=O) groups excluding carboxylic acids is 1. The lowest BCUT2D eigenvalue weighted by Gasteiger charge is -2.16. The van der Waals surface area contributed by atoms with E-state index in [9.17, 15) is 14.9 Å². The highest BCUT2D eigenvalue weighted by Gasteiger charge is 2.16. The van der Waals surface area contributed by atoms with Gasteiger partial charge in [0.1, 0.15) is 12.0 Å². The lowest BCUT2D eigenvalue weighted by atomic mass is 10.1. The summed E-state index contributed by atoms with van der Waals surface area (Å²) < 4.78 is 0. The van der Waals surface area contributed by atoms with Crippen molar-refractivity contribution in [2.45, 2.75) is 13.0 Å². The van der Waals surface area contributed by atoms with Crippen molar-refractivity contribution in [2.75, 3.05) is 5.32 Å². The summed E-state index contributed by atoms with van der Waals surface area (Å²) in [7, 11) is 0. The molecule has 2 rings (SSSR count). The van der Waals surface area contributed by atoms with E-state index in [0.29, 0.717) is 17.0 Å². The maximum atomic E-state index is 11.1. The van der Waals surface area contributed by atoms with Crippen molar-refractivity contribution in [3.8, 4) is 0 Å². The fourth-order valence-corrected chi connectivity index (χ4v) is 2.09. The number of hydrogen-bond donors (Lipinski definition) is 1. The quantitative estimate of drug-likeness (QED) is 0.509. The van der Waals surface area contributed by atoms with Crippen molar-refractivity contribution in [3.05, 3.63) is 68.7 Å². The van der Waals surface area contributed by atoms with E-state index in [0.717, 1.165) is 5.56 Å². The minimum atomic E-state index is -0.510. The molecule has 0 saturated heterocycles. The van der Waals surface area contributed by atoms with Crippen molar-refractivity contribution < 1.29 is 9.72 Å². The predicted molar refractivity (Wildman–Crippen MR) is 82.0 cm³/mol. The summed E-state index contributed by atoms with van der Waals surface area (Å²) >= 11 is 5.83. The number of halogens is 1. The van der Waals surface area contributed by atoms with Gasteiger partial charge in [-0.3, -0.25) is 14.9 Å². The Morgan fingerprint density at radius 2 is 1.90 bits per heavy atom. The molecule has 1 N–H and O–H groups in total. The Labute approximate surface area is 126 Å². The van der Waals surface area contributed by atoms with Crippen LogP contribution >= 0.6 is 11.6 Å². The topological polar surface area (TPSA) is 72.2 Å². The van der Waals surface area contributed by atoms with Crippen LogP contribution in [0.2, 0.25) is 5.02 Å². The van der Waals surface area contributed by atoms with Gasteiger partial charge in [-0.15, -0.1) is 0 Å². The molecule has 0 radical (unpaired) electrons. The van der Waals surface area contributed by atoms with Crippen LogP contribution in [0.25, 0.3) is 0 Å². The van der Waals surface area contributed by atoms with Crippen LogP contribution in [0.4, 0.5) is 11.4 Å². The van der Waals surface area contributed by atoms with E-state index in [4.69, 9.17) is 11.6 Å². The molecule has 0 aliphatic heterocycles. The Hall–Kier alpha value is -2.40. The predicted octanol–water partition coefficient (Wildman–Crippen LogP) is 4.23. The van der Waals surface area contributed by atoms with Gasteiger partial charge in [0.25, 0.3) is 5.69 Å². The third-order valence-corrected chi connectivity index (χ3v) is 3.35. The van der Waals surface area contributed by atoms with Gasteiger partial charge in [-0.1, -0.05) is 23.7 Å². The molecule has 2 aromatic rings. The smallest absolute Gasteiger partial charge is 0.293 e. The van der Waals surface area contributed by atoms with E-state index >= 15 is 0 Å². The Balaban J connectivity index is 2.28. The van der Waals surface area contributed by atoms with Crippen LogP contribution in [0.5, 0.6) is 0 Å². The highest BCUT2D eigenvalue weighted by atomic mass is 35.5. The molecule has 0 bridgehead atoms. The van der Waals surface area contributed by atoms with Crippen molar-refractivity contribution >= 4 is 29.3 Å². The van der Waals surface area contributed by atoms with Gasteiger partial charge < -0.3 is 5.32 Å². The van der Waals surface area contributed by atoms with Crippen LogP contribution in [-0.4, -0.2) is 11.2 Å². The lowest BCUT2D eigenvalue weighted by Crippen LogP contribution is -2.08. The summed E-state index contributed by atoms with van der Waals surface area (Å²) in [6.45, 7) is 1.89. The first-order valence-corrected chi connectivity index (χ1v) is 6.64. The first kappa shape index (κ1) is 15.0. The monoisotopic (exact) mass is 304 g/mol. The molecule has 0 aliphatic carbocycles. The van der Waals surface area contributed by atoms with Crippen LogP contribution in [0.1, 0.15) is 28.9 Å². The fourth-order valence-electron chi connectivity index (χ4n) is 1.96. The van der Waals surface area contributed by atoms with Crippen LogP contribution in [0.3, 0.4) is 0 Å². The van der Waals surface area contributed by atoms with Gasteiger partial charge in [-0.2, -0.15) is 0 Å². The molecule has 5 nitrogen and oxygen atoms in total. The van der Waals surface area contributed by atoms with Gasteiger partial charge in [0.15, 0.2) is 0 Å². The van der Waals surface area contributed by atoms with E-state index in [-0.39, 0.29) is 17.3 Å². The molecule has 1 unspecified atom stereocenters. The van der Waals surface area contributed by atoms with Gasteiger partial charge in [-0.05, 0) is 36.8 Å². The second-order valence-corrected chi connectivity index (χ2v) is 5.01. The third-order valence-electron chi connectivity index (χ3n) is 3.10. The SMILES string of the molecule is CC(Nc1ccc(C=O)cc1[N+](=O)[O-])c1ccc(Cl)cc1. The number of hydrogen-bond acceptors (Lipinski definition) is 4. The minimum absolute atomic E-state index is 0.125. The van der Waals surface area contributed by atoms with Gasteiger partial charge in [-0.25, -0.2) is 0 Å². The number of benzene rings is 2. The van der Waals surface area contributed by atoms with Crippen LogP contribution in [0, 0.1) is 10.1 Å². The zero-order valence-electron chi connectivity index (χ0n) is 11.2. The molecule has 2 aromatic carbocycles. The summed E-state index contributed by atoms with van der Waals surface area (Å²) in [5.41, 5.74) is 1.47. The molecule has 6 heteroatoms. The highest BCUT2D eigenvalue weighted by molar-refractivity contribution is 6.30. The normalized spacial score (nSPS) is 11.7. The molecule has 0 spiro atoms. The van der Waals surface area contributed by atoms with Gasteiger partial charge in [0, 0.05) is 22.7 Å². The molecule has 1 atom stereocenters. The van der Waals surface area contributed by atoms with Crippen molar-refractivity contribution in [1.29, 1.82) is 0 Å². The van der Waals surface area contributed by atoms with Gasteiger partial charge in [0.2, 0.25) is 0 Å². The maximum absolute atomic E-state index is 11.1. The molecule has 0 heterocycles. The van der Waals surface area contributed by atoms with Crippen LogP contribution < -0.4 is 5.32 Å². The second kappa shape index (κ2) is 6.37. The number of nitrogens with zero attached hydrogens (tertiary/aromatic N) is 1. The molecule has 0 fully saturated rings. The van der Waals surface area contributed by atoms with Crippen molar-refractivity contribution in [1.82, 2.24) is 0 Å². The second-order valence-electron chi connectivity index (χ2n) is 4.57. The molecular formula is C15H13ClN2O3. The van der Waals surface area contributed by atoms with Crippen molar-refractivity contribution in [2.24, 2.45) is 0 Å². The average Bonchev–Trinajstić information content (AvgIpc) is 2.48. The molecule has 0 saturated carbocycles. The van der Waals surface area contributed by atoms with Crippen LogP contribution in [-0.2, 0) is 0 Å². The Kier molecular flexibility index (Phi) is 4.55. The molecule has 0 aromatic heterocycles. The van der Waals surface area contributed by atoms with Gasteiger partial charge in [0.05, 0.1) is 4.92 Å². The van der Waals surface area contributed by atoms with E-state index in [2.05, 4.69) is 5.32 Å². The number of anilines is 1. The van der Waals surface area contributed by atoms with E-state index in [1.54, 1.807) is 12.1 Å². The number of nitro groups is 1. The minimum Gasteiger partial charge on any atom is -0.373 e. The zero-order chi connectivity index (χ0) is 15.4. The van der Waals surface area contributed by atoms with Gasteiger partial charge >= 0.3 is 0 Å². The Bertz CT molecular complexity index is 671. The number of nitrogens with one attached hydrogen (secondary N) is 1. The number of rotatable bonds is 5. The van der Waals surface area contributed by atoms with E-state index < -0.39 is 4.92 Å². The first-order valence-electron chi connectivity index (χ1n) is 6.27. The molecule has 21 heavy (non-hydrogen) atoms. The molecule has 0 amide bonds. The van der Waals surface area contributed by atoms with Crippen molar-refractivity contribution in [3.63, 3.8) is 0 Å². The standard InChI is InChI=1S/C15H13ClN2O3/c1-10(12-3-5-13(16)6-4-12)17-14-7-2-11(9-19)8-15(14)18(20)21/h2-10,17H,1H3. The summed E-state index contributed by atoms with van der Waals surface area (Å²) in [5.74, 6) is 0.